The fourth-order valence-corrected chi connectivity index (χ4v) is 4.72. The molecule has 6 heteroatoms. The summed E-state index contributed by atoms with van der Waals surface area (Å²) in [4.78, 5) is 31.4. The molecule has 33 heavy (non-hydrogen) atoms. The highest BCUT2D eigenvalue weighted by Gasteiger charge is 2.32. The van der Waals surface area contributed by atoms with Crippen molar-refractivity contribution < 1.29 is 14.3 Å². The maximum Gasteiger partial charge on any atom is 0.251 e. The van der Waals surface area contributed by atoms with E-state index in [0.717, 1.165) is 29.7 Å². The van der Waals surface area contributed by atoms with Crippen LogP contribution in [0.2, 0.25) is 0 Å². The van der Waals surface area contributed by atoms with Gasteiger partial charge in [-0.05, 0) is 67.5 Å². The Balaban J connectivity index is 1.43. The smallest absolute Gasteiger partial charge is 0.251 e. The van der Waals surface area contributed by atoms with Gasteiger partial charge in [0.15, 0.2) is 0 Å². The zero-order chi connectivity index (χ0) is 23.5. The third-order valence-electron chi connectivity index (χ3n) is 6.67. The summed E-state index contributed by atoms with van der Waals surface area (Å²) in [7, 11) is 1.68. The molecular weight excluding hydrogens is 414 g/mol. The highest BCUT2D eigenvalue weighted by molar-refractivity contribution is 5.97. The van der Waals surface area contributed by atoms with Gasteiger partial charge in [0.25, 0.3) is 5.91 Å². The number of fused-ring (bicyclic) bond motifs is 1. The highest BCUT2D eigenvalue weighted by Crippen LogP contribution is 2.35. The number of hydrogen-bond donors (Lipinski definition) is 2. The van der Waals surface area contributed by atoms with Crippen LogP contribution in [-0.4, -0.2) is 47.9 Å². The van der Waals surface area contributed by atoms with Gasteiger partial charge in [-0.25, -0.2) is 0 Å². The van der Waals surface area contributed by atoms with Crippen molar-refractivity contribution in [3.63, 3.8) is 0 Å². The minimum atomic E-state index is -0.535. The molecule has 6 nitrogen and oxygen atoms in total. The average Bonchev–Trinajstić information content (AvgIpc) is 3.25. The lowest BCUT2D eigenvalue weighted by atomic mass is 9.88. The number of piperidine rings is 1. The quantitative estimate of drug-likeness (QED) is 0.578. The van der Waals surface area contributed by atoms with Gasteiger partial charge in [0.2, 0.25) is 5.91 Å². The Morgan fingerprint density at radius 1 is 1.12 bits per heavy atom. The van der Waals surface area contributed by atoms with Crippen LogP contribution in [0.1, 0.15) is 54.1 Å². The number of nitrogens with zero attached hydrogens (tertiary/aromatic N) is 1. The van der Waals surface area contributed by atoms with Crippen LogP contribution in [0.4, 0.5) is 0 Å². The predicted molar refractivity (Wildman–Crippen MR) is 131 cm³/mol. The Bertz CT molecular complexity index is 1140. The van der Waals surface area contributed by atoms with Crippen molar-refractivity contribution in [2.45, 2.75) is 45.6 Å². The van der Waals surface area contributed by atoms with Gasteiger partial charge in [-0.3, -0.25) is 9.59 Å². The molecule has 1 aromatic heterocycles. The molecule has 4 rings (SSSR count). The van der Waals surface area contributed by atoms with E-state index in [-0.39, 0.29) is 17.7 Å². The van der Waals surface area contributed by atoms with E-state index in [2.05, 4.69) is 22.6 Å². The summed E-state index contributed by atoms with van der Waals surface area (Å²) in [5.74, 6) is 1.04. The minimum absolute atomic E-state index is 0.00467. The zero-order valence-electron chi connectivity index (χ0n) is 19.9. The third-order valence-corrected chi connectivity index (χ3v) is 6.67. The molecule has 0 radical (unpaired) electrons. The number of likely N-dealkylation sites (tertiary alicyclic amines) is 1. The summed E-state index contributed by atoms with van der Waals surface area (Å²) >= 11 is 0. The molecule has 1 saturated heterocycles. The SMILES string of the molecule is COc1ccc2[nH]cc(C3CCN(C(=O)C(NC(=O)c4cccc(C)c4)C(C)C)CC3)c2c1. The van der Waals surface area contributed by atoms with Crippen molar-refractivity contribution in [2.24, 2.45) is 5.92 Å². The second-order valence-electron chi connectivity index (χ2n) is 9.32. The maximum absolute atomic E-state index is 13.4. The van der Waals surface area contributed by atoms with E-state index in [4.69, 9.17) is 4.74 Å². The molecule has 0 saturated carbocycles. The van der Waals surface area contributed by atoms with Crippen LogP contribution in [0.5, 0.6) is 5.75 Å². The normalized spacial score (nSPS) is 15.6. The molecule has 1 unspecified atom stereocenters. The van der Waals surface area contributed by atoms with Crippen LogP contribution in [0.25, 0.3) is 10.9 Å². The van der Waals surface area contributed by atoms with E-state index in [1.807, 2.05) is 56.0 Å². The van der Waals surface area contributed by atoms with Crippen LogP contribution in [0, 0.1) is 12.8 Å². The van der Waals surface area contributed by atoms with E-state index in [9.17, 15) is 9.59 Å². The van der Waals surface area contributed by atoms with Crippen molar-refractivity contribution in [3.05, 3.63) is 65.4 Å². The molecule has 3 aromatic rings. The number of benzene rings is 2. The first-order chi connectivity index (χ1) is 15.9. The molecule has 2 aromatic carbocycles. The monoisotopic (exact) mass is 447 g/mol. The molecule has 174 valence electrons. The summed E-state index contributed by atoms with van der Waals surface area (Å²) in [6, 6.07) is 13.0. The van der Waals surface area contributed by atoms with Gasteiger partial charge in [0, 0.05) is 35.8 Å². The Labute approximate surface area is 195 Å². The number of nitrogens with one attached hydrogen (secondary N) is 2. The van der Waals surface area contributed by atoms with Gasteiger partial charge in [-0.2, -0.15) is 0 Å². The minimum Gasteiger partial charge on any atom is -0.497 e. The number of H-pyrrole nitrogens is 1. The molecular formula is C27H33N3O3. The molecule has 2 heterocycles. The molecule has 1 aliphatic rings. The summed E-state index contributed by atoms with van der Waals surface area (Å²) in [5.41, 5.74) is 3.99. The third kappa shape index (κ3) is 4.90. The first kappa shape index (κ1) is 22.9. The number of carbonyl (C=O) groups is 2. The van der Waals surface area contributed by atoms with E-state index >= 15 is 0 Å². The molecule has 1 atom stereocenters. The Morgan fingerprint density at radius 3 is 2.55 bits per heavy atom. The van der Waals surface area contributed by atoms with Crippen molar-refractivity contribution in [1.29, 1.82) is 0 Å². The number of aryl methyl sites for hydroxylation is 1. The van der Waals surface area contributed by atoms with Gasteiger partial charge in [-0.15, -0.1) is 0 Å². The number of aromatic amines is 1. The molecule has 1 aliphatic heterocycles. The van der Waals surface area contributed by atoms with Crippen LogP contribution in [0.3, 0.4) is 0 Å². The number of rotatable bonds is 6. The second-order valence-corrected chi connectivity index (χ2v) is 9.32. The Morgan fingerprint density at radius 2 is 1.88 bits per heavy atom. The first-order valence-corrected chi connectivity index (χ1v) is 11.7. The Kier molecular flexibility index (Phi) is 6.72. The van der Waals surface area contributed by atoms with Crippen molar-refractivity contribution in [2.75, 3.05) is 20.2 Å². The highest BCUT2D eigenvalue weighted by atomic mass is 16.5. The molecule has 1 fully saturated rings. The molecule has 2 amide bonds. The Hall–Kier alpha value is -3.28. The standard InChI is InChI=1S/C27H33N3O3/c1-17(2)25(29-26(31)20-7-5-6-18(3)14-20)27(32)30-12-10-19(11-13-30)23-16-28-24-9-8-21(33-4)15-22(23)24/h5-9,14-17,19,25,28H,10-13H2,1-4H3,(H,29,31). The average molecular weight is 448 g/mol. The van der Waals surface area contributed by atoms with Crippen molar-refractivity contribution in [1.82, 2.24) is 15.2 Å². The van der Waals surface area contributed by atoms with Crippen LogP contribution >= 0.6 is 0 Å². The number of ether oxygens (including phenoxy) is 1. The molecule has 0 spiro atoms. The summed E-state index contributed by atoms with van der Waals surface area (Å²) in [6.07, 6.45) is 3.88. The predicted octanol–water partition coefficient (Wildman–Crippen LogP) is 4.65. The summed E-state index contributed by atoms with van der Waals surface area (Å²) in [6.45, 7) is 7.28. The topological polar surface area (TPSA) is 74.4 Å². The molecule has 0 aliphatic carbocycles. The van der Waals surface area contributed by atoms with Crippen molar-refractivity contribution in [3.8, 4) is 5.75 Å². The number of amides is 2. The number of hydrogen-bond acceptors (Lipinski definition) is 3. The number of carbonyl (C=O) groups excluding carboxylic acids is 2. The van der Waals surface area contributed by atoms with Gasteiger partial charge >= 0.3 is 0 Å². The van der Waals surface area contributed by atoms with E-state index in [1.165, 1.54) is 10.9 Å². The lowest BCUT2D eigenvalue weighted by Crippen LogP contribution is -2.52. The maximum atomic E-state index is 13.4. The first-order valence-electron chi connectivity index (χ1n) is 11.7. The number of methoxy groups -OCH3 is 1. The lowest BCUT2D eigenvalue weighted by Gasteiger charge is -2.35. The van der Waals surface area contributed by atoms with Crippen LogP contribution < -0.4 is 10.1 Å². The van der Waals surface area contributed by atoms with E-state index in [1.54, 1.807) is 13.2 Å². The zero-order valence-corrected chi connectivity index (χ0v) is 19.9. The fourth-order valence-electron chi connectivity index (χ4n) is 4.72. The molecule has 0 bridgehead atoms. The lowest BCUT2D eigenvalue weighted by molar-refractivity contribution is -0.135. The van der Waals surface area contributed by atoms with Crippen molar-refractivity contribution >= 4 is 22.7 Å². The summed E-state index contributed by atoms with van der Waals surface area (Å²) < 4.78 is 5.40. The van der Waals surface area contributed by atoms with Gasteiger partial charge in [-0.1, -0.05) is 31.5 Å². The van der Waals surface area contributed by atoms with Gasteiger partial charge in [0.05, 0.1) is 7.11 Å². The van der Waals surface area contributed by atoms with Crippen LogP contribution in [0.15, 0.2) is 48.7 Å². The van der Waals surface area contributed by atoms with E-state index in [0.29, 0.717) is 24.6 Å². The summed E-state index contributed by atoms with van der Waals surface area (Å²) in [5, 5.41) is 4.17. The van der Waals surface area contributed by atoms with Crippen LogP contribution in [-0.2, 0) is 4.79 Å². The van der Waals surface area contributed by atoms with Gasteiger partial charge in [0.1, 0.15) is 11.8 Å². The molecule has 2 N–H and O–H groups in total. The van der Waals surface area contributed by atoms with E-state index < -0.39 is 6.04 Å². The van der Waals surface area contributed by atoms with Gasteiger partial charge < -0.3 is 19.9 Å². The number of aromatic nitrogens is 1. The largest absolute Gasteiger partial charge is 0.497 e. The second kappa shape index (κ2) is 9.69. The fraction of sp³-hybridized carbons (Fsp3) is 0.407.